The summed E-state index contributed by atoms with van der Waals surface area (Å²) in [5, 5.41) is 6.00. The molecule has 0 saturated carbocycles. The van der Waals surface area contributed by atoms with Crippen LogP contribution in [0.25, 0.3) is 12.2 Å². The number of amides is 4. The summed E-state index contributed by atoms with van der Waals surface area (Å²) in [6.45, 7) is 1.09. The fraction of sp³-hybridized carbons (Fsp3) is 0.286. The summed E-state index contributed by atoms with van der Waals surface area (Å²) in [6.07, 6.45) is 6.75. The molecule has 2 atom stereocenters. The summed E-state index contributed by atoms with van der Waals surface area (Å²) >= 11 is 0. The molecule has 2 heterocycles. The molecule has 2 aliphatic heterocycles. The van der Waals surface area contributed by atoms with Crippen LogP contribution in [0.15, 0.2) is 97.1 Å². The van der Waals surface area contributed by atoms with Crippen molar-refractivity contribution in [1.82, 2.24) is 9.80 Å². The fourth-order valence-electron chi connectivity index (χ4n) is 6.96. The number of carbonyl (C=O) groups is 4. The SMILES string of the molecule is CN(C)c1ccccc1C(=O)N1CCC[C@H]1C(=O)Nc1ccc(/C=C/c2ccc(NC(=O)[C@@H]3CCCN3C(=O)c3ccccc3N(C)C)cc2)cc1. The zero-order valence-corrected chi connectivity index (χ0v) is 30.2. The third-order valence-electron chi connectivity index (χ3n) is 9.69. The van der Waals surface area contributed by atoms with Crippen molar-refractivity contribution < 1.29 is 19.2 Å². The minimum Gasteiger partial charge on any atom is -0.377 e. The van der Waals surface area contributed by atoms with Gasteiger partial charge in [0.25, 0.3) is 11.8 Å². The normalized spacial score (nSPS) is 16.9. The monoisotopic (exact) mass is 698 g/mol. The molecule has 4 aromatic carbocycles. The summed E-state index contributed by atoms with van der Waals surface area (Å²) in [7, 11) is 7.61. The first kappa shape index (κ1) is 35.9. The molecule has 2 fully saturated rings. The van der Waals surface area contributed by atoms with Crippen molar-refractivity contribution in [2.24, 2.45) is 0 Å². The van der Waals surface area contributed by atoms with Gasteiger partial charge in [0, 0.05) is 64.0 Å². The molecule has 0 unspecified atom stereocenters. The molecule has 0 bridgehead atoms. The van der Waals surface area contributed by atoms with Gasteiger partial charge in [0.15, 0.2) is 0 Å². The van der Waals surface area contributed by atoms with E-state index in [-0.39, 0.29) is 23.6 Å². The van der Waals surface area contributed by atoms with Gasteiger partial charge in [-0.2, -0.15) is 0 Å². The van der Waals surface area contributed by atoms with E-state index < -0.39 is 12.1 Å². The van der Waals surface area contributed by atoms with Gasteiger partial charge >= 0.3 is 0 Å². The molecule has 2 aliphatic rings. The van der Waals surface area contributed by atoms with Crippen molar-refractivity contribution in [1.29, 1.82) is 0 Å². The first-order valence-electron chi connectivity index (χ1n) is 17.8. The first-order valence-corrected chi connectivity index (χ1v) is 17.8. The lowest BCUT2D eigenvalue weighted by molar-refractivity contribution is -0.120. The summed E-state index contributed by atoms with van der Waals surface area (Å²) in [4.78, 5) is 60.8. The van der Waals surface area contributed by atoms with E-state index in [1.807, 2.05) is 147 Å². The van der Waals surface area contributed by atoms with Crippen molar-refractivity contribution in [3.05, 3.63) is 119 Å². The van der Waals surface area contributed by atoms with E-state index in [1.165, 1.54) is 0 Å². The van der Waals surface area contributed by atoms with Crippen molar-refractivity contribution in [3.8, 4) is 0 Å². The van der Waals surface area contributed by atoms with E-state index in [0.717, 1.165) is 35.3 Å². The molecule has 10 nitrogen and oxygen atoms in total. The molecule has 2 saturated heterocycles. The molecular weight excluding hydrogens is 652 g/mol. The third kappa shape index (κ3) is 8.01. The van der Waals surface area contributed by atoms with Crippen LogP contribution < -0.4 is 20.4 Å². The first-order chi connectivity index (χ1) is 25.1. The van der Waals surface area contributed by atoms with Gasteiger partial charge in [0.05, 0.1) is 11.1 Å². The quantitative estimate of drug-likeness (QED) is 0.184. The second kappa shape index (κ2) is 16.0. The van der Waals surface area contributed by atoms with Crippen molar-refractivity contribution in [2.75, 3.05) is 61.7 Å². The zero-order chi connectivity index (χ0) is 36.8. The molecule has 0 aliphatic carbocycles. The van der Waals surface area contributed by atoms with Crippen LogP contribution in [-0.2, 0) is 9.59 Å². The lowest BCUT2D eigenvalue weighted by atomic mass is 10.1. The maximum absolute atomic E-state index is 13.5. The summed E-state index contributed by atoms with van der Waals surface area (Å²) in [5.74, 6) is -0.643. The van der Waals surface area contributed by atoms with Crippen molar-refractivity contribution >= 4 is 58.5 Å². The Morgan fingerprint density at radius 2 is 0.923 bits per heavy atom. The number of para-hydroxylation sites is 2. The summed E-state index contributed by atoms with van der Waals surface area (Å²) < 4.78 is 0. The lowest BCUT2D eigenvalue weighted by Gasteiger charge is -2.26. The Morgan fingerprint density at radius 1 is 0.558 bits per heavy atom. The second-order valence-corrected chi connectivity index (χ2v) is 13.7. The minimum atomic E-state index is -0.528. The lowest BCUT2D eigenvalue weighted by Crippen LogP contribution is -2.43. The van der Waals surface area contributed by atoms with E-state index in [1.54, 1.807) is 9.80 Å². The van der Waals surface area contributed by atoms with Gasteiger partial charge in [-0.3, -0.25) is 19.2 Å². The van der Waals surface area contributed by atoms with Crippen LogP contribution in [0.2, 0.25) is 0 Å². The molecule has 268 valence electrons. The number of nitrogens with zero attached hydrogens (tertiary/aromatic N) is 4. The smallest absolute Gasteiger partial charge is 0.256 e. The van der Waals surface area contributed by atoms with Crippen LogP contribution >= 0.6 is 0 Å². The Morgan fingerprint density at radius 3 is 1.29 bits per heavy atom. The fourth-order valence-corrected chi connectivity index (χ4v) is 6.96. The molecule has 4 amide bonds. The number of hydrogen-bond acceptors (Lipinski definition) is 6. The van der Waals surface area contributed by atoms with Crippen LogP contribution in [-0.4, -0.2) is 86.8 Å². The molecule has 0 radical (unpaired) electrons. The van der Waals surface area contributed by atoms with E-state index in [4.69, 9.17) is 0 Å². The average Bonchev–Trinajstić information content (AvgIpc) is 3.86. The maximum atomic E-state index is 13.5. The minimum absolute atomic E-state index is 0.132. The van der Waals surface area contributed by atoms with Gasteiger partial charge in [-0.15, -0.1) is 0 Å². The van der Waals surface area contributed by atoms with Crippen LogP contribution in [0.5, 0.6) is 0 Å². The van der Waals surface area contributed by atoms with E-state index in [2.05, 4.69) is 10.6 Å². The summed E-state index contributed by atoms with van der Waals surface area (Å²) in [5.41, 5.74) is 6.08. The third-order valence-corrected chi connectivity index (χ3v) is 9.69. The number of hydrogen-bond donors (Lipinski definition) is 2. The Hall–Kier alpha value is -5.90. The van der Waals surface area contributed by atoms with Crippen LogP contribution in [0, 0.1) is 0 Å². The highest BCUT2D eigenvalue weighted by atomic mass is 16.2. The van der Waals surface area contributed by atoms with Crippen LogP contribution in [0.3, 0.4) is 0 Å². The topological polar surface area (TPSA) is 105 Å². The van der Waals surface area contributed by atoms with Gasteiger partial charge in [-0.1, -0.05) is 60.7 Å². The Bertz CT molecular complexity index is 1810. The number of anilines is 4. The Labute approximate surface area is 305 Å². The standard InChI is InChI=1S/C42H46N6O4/c1-45(2)35-13-7-5-11-33(35)41(51)47-27-9-15-37(47)39(49)43-31-23-19-29(20-24-31)17-18-30-21-25-32(26-22-30)44-40(50)38-16-10-28-48(38)42(52)34-12-6-8-14-36(34)46(3)4/h5-8,11-14,17-26,37-38H,9-10,15-16,27-28H2,1-4H3,(H,43,49)(H,44,50)/b18-17+/t37-,38-/m0/s1. The molecule has 52 heavy (non-hydrogen) atoms. The highest BCUT2D eigenvalue weighted by Crippen LogP contribution is 2.28. The maximum Gasteiger partial charge on any atom is 0.256 e. The largest absolute Gasteiger partial charge is 0.377 e. The molecule has 4 aromatic rings. The molecule has 0 spiro atoms. The molecular formula is C42H46N6O4. The predicted molar refractivity (Wildman–Crippen MR) is 209 cm³/mol. The van der Waals surface area contributed by atoms with Crippen molar-refractivity contribution in [3.63, 3.8) is 0 Å². The number of benzene rings is 4. The van der Waals surface area contributed by atoms with Gasteiger partial charge in [0.1, 0.15) is 12.1 Å². The van der Waals surface area contributed by atoms with E-state index >= 15 is 0 Å². The number of likely N-dealkylation sites (tertiary alicyclic amines) is 2. The van der Waals surface area contributed by atoms with Gasteiger partial charge in [0.2, 0.25) is 11.8 Å². The van der Waals surface area contributed by atoms with Crippen LogP contribution in [0.4, 0.5) is 22.7 Å². The highest BCUT2D eigenvalue weighted by Gasteiger charge is 2.36. The van der Waals surface area contributed by atoms with E-state index in [0.29, 0.717) is 48.4 Å². The van der Waals surface area contributed by atoms with Gasteiger partial charge < -0.3 is 30.2 Å². The zero-order valence-electron chi connectivity index (χ0n) is 30.2. The molecule has 2 N–H and O–H groups in total. The molecule has 10 heteroatoms. The van der Waals surface area contributed by atoms with Crippen LogP contribution in [0.1, 0.15) is 57.5 Å². The average molecular weight is 699 g/mol. The summed E-state index contributed by atoms with van der Waals surface area (Å²) in [6, 6.07) is 29.0. The highest BCUT2D eigenvalue weighted by molar-refractivity contribution is 6.05. The van der Waals surface area contributed by atoms with Gasteiger partial charge in [-0.25, -0.2) is 0 Å². The molecule has 0 aromatic heterocycles. The number of nitrogens with one attached hydrogen (secondary N) is 2. The Kier molecular flexibility index (Phi) is 11.0. The predicted octanol–water partition coefficient (Wildman–Crippen LogP) is 6.48. The number of rotatable bonds is 10. The molecule has 6 rings (SSSR count). The van der Waals surface area contributed by atoms with E-state index in [9.17, 15) is 19.2 Å². The van der Waals surface area contributed by atoms with Crippen molar-refractivity contribution in [2.45, 2.75) is 37.8 Å². The Balaban J connectivity index is 1.02. The van der Waals surface area contributed by atoms with Gasteiger partial charge in [-0.05, 0) is 85.3 Å². The second-order valence-electron chi connectivity index (χ2n) is 13.7. The number of carbonyl (C=O) groups excluding carboxylic acids is 4.